The molecule has 5 heteroatoms. The van der Waals surface area contributed by atoms with Crippen LogP contribution in [0.3, 0.4) is 0 Å². The lowest BCUT2D eigenvalue weighted by molar-refractivity contribution is -0.383. The number of rotatable bonds is 3. The molecule has 104 valence electrons. The molecule has 19 heavy (non-hydrogen) atoms. The minimum Gasteiger partial charge on any atom is -0.393 e. The van der Waals surface area contributed by atoms with E-state index in [-0.39, 0.29) is 16.3 Å². The summed E-state index contributed by atoms with van der Waals surface area (Å²) in [5.74, 6) is 0. The summed E-state index contributed by atoms with van der Waals surface area (Å²) in [5, 5.41) is 11.2. The number of nitrogens with zero attached hydrogens (tertiary/aromatic N) is 2. The summed E-state index contributed by atoms with van der Waals surface area (Å²) in [6.45, 7) is 0. The van der Waals surface area contributed by atoms with Crippen LogP contribution in [0.15, 0.2) is 18.2 Å². The normalized spacial score (nSPS) is 16.9. The number of nitro benzene ring substituents is 1. The zero-order valence-corrected chi connectivity index (χ0v) is 11.3. The van der Waals surface area contributed by atoms with Crippen molar-refractivity contribution in [1.82, 2.24) is 0 Å². The summed E-state index contributed by atoms with van der Waals surface area (Å²) in [7, 11) is 1.94. The van der Waals surface area contributed by atoms with E-state index in [9.17, 15) is 10.1 Å². The van der Waals surface area contributed by atoms with Gasteiger partial charge in [0.15, 0.2) is 0 Å². The van der Waals surface area contributed by atoms with Gasteiger partial charge in [-0.05, 0) is 25.0 Å². The summed E-state index contributed by atoms with van der Waals surface area (Å²) in [6, 6.07) is 5.54. The lowest BCUT2D eigenvalue weighted by Crippen LogP contribution is -2.31. The van der Waals surface area contributed by atoms with Gasteiger partial charge in [-0.2, -0.15) is 0 Å². The van der Waals surface area contributed by atoms with E-state index in [1.165, 1.54) is 25.7 Å². The van der Waals surface area contributed by atoms with Gasteiger partial charge in [0.25, 0.3) is 0 Å². The highest BCUT2D eigenvalue weighted by molar-refractivity contribution is 5.75. The van der Waals surface area contributed by atoms with E-state index in [0.29, 0.717) is 11.7 Å². The molecule has 1 fully saturated rings. The third-order valence-corrected chi connectivity index (χ3v) is 3.98. The molecule has 0 saturated heterocycles. The zero-order chi connectivity index (χ0) is 13.8. The van der Waals surface area contributed by atoms with Crippen molar-refractivity contribution in [1.29, 1.82) is 0 Å². The first-order valence-electron chi connectivity index (χ1n) is 6.87. The van der Waals surface area contributed by atoms with E-state index in [0.717, 1.165) is 12.8 Å². The van der Waals surface area contributed by atoms with Crippen molar-refractivity contribution in [2.45, 2.75) is 44.6 Å². The van der Waals surface area contributed by atoms with Crippen LogP contribution in [0.4, 0.5) is 17.1 Å². The Labute approximate surface area is 113 Å². The van der Waals surface area contributed by atoms with E-state index in [1.54, 1.807) is 18.2 Å². The maximum atomic E-state index is 11.2. The van der Waals surface area contributed by atoms with E-state index >= 15 is 0 Å². The molecule has 0 unspecified atom stereocenters. The predicted molar refractivity (Wildman–Crippen MR) is 77.4 cm³/mol. The number of hydrogen-bond donors (Lipinski definition) is 1. The van der Waals surface area contributed by atoms with Crippen molar-refractivity contribution in [3.8, 4) is 0 Å². The highest BCUT2D eigenvalue weighted by Gasteiger charge is 2.25. The Bertz CT molecular complexity index is 454. The highest BCUT2D eigenvalue weighted by atomic mass is 16.6. The molecule has 1 saturated carbocycles. The second-order valence-electron chi connectivity index (χ2n) is 5.23. The molecule has 5 nitrogen and oxygen atoms in total. The quantitative estimate of drug-likeness (QED) is 0.393. The average Bonchev–Trinajstić information content (AvgIpc) is 2.66. The Hall–Kier alpha value is -1.78. The Morgan fingerprint density at radius 2 is 1.89 bits per heavy atom. The third kappa shape index (κ3) is 2.97. The average molecular weight is 263 g/mol. The number of para-hydroxylation sites is 1. The SMILES string of the molecule is CN(c1cccc(N)c1[N+](=O)[O-])C1CCCCCC1. The highest BCUT2D eigenvalue weighted by Crippen LogP contribution is 2.35. The van der Waals surface area contributed by atoms with Crippen LogP contribution in [-0.2, 0) is 0 Å². The fraction of sp³-hybridized carbons (Fsp3) is 0.571. The van der Waals surface area contributed by atoms with Gasteiger partial charge in [-0.3, -0.25) is 10.1 Å². The Morgan fingerprint density at radius 1 is 1.26 bits per heavy atom. The van der Waals surface area contributed by atoms with Crippen molar-refractivity contribution in [3.05, 3.63) is 28.3 Å². The molecule has 1 aromatic carbocycles. The molecule has 0 atom stereocenters. The minimum atomic E-state index is -0.377. The largest absolute Gasteiger partial charge is 0.393 e. The van der Waals surface area contributed by atoms with Crippen LogP contribution in [0.25, 0.3) is 0 Å². The molecule has 0 aromatic heterocycles. The maximum absolute atomic E-state index is 11.2. The summed E-state index contributed by atoms with van der Waals surface area (Å²) in [5.41, 5.74) is 6.66. The van der Waals surface area contributed by atoms with Crippen LogP contribution < -0.4 is 10.6 Å². The summed E-state index contributed by atoms with van der Waals surface area (Å²) in [6.07, 6.45) is 7.13. The van der Waals surface area contributed by atoms with Crippen molar-refractivity contribution < 1.29 is 4.92 Å². The van der Waals surface area contributed by atoms with Crippen molar-refractivity contribution in [2.75, 3.05) is 17.7 Å². The molecule has 0 bridgehead atoms. The second-order valence-corrected chi connectivity index (χ2v) is 5.23. The Morgan fingerprint density at radius 3 is 2.47 bits per heavy atom. The molecule has 2 rings (SSSR count). The summed E-state index contributed by atoms with van der Waals surface area (Å²) >= 11 is 0. The minimum absolute atomic E-state index is 0.0363. The maximum Gasteiger partial charge on any atom is 0.315 e. The molecular weight excluding hydrogens is 242 g/mol. The smallest absolute Gasteiger partial charge is 0.315 e. The van der Waals surface area contributed by atoms with Crippen LogP contribution >= 0.6 is 0 Å². The fourth-order valence-corrected chi connectivity index (χ4v) is 2.87. The van der Waals surface area contributed by atoms with E-state index in [2.05, 4.69) is 0 Å². The van der Waals surface area contributed by atoms with Crippen LogP contribution in [-0.4, -0.2) is 18.0 Å². The second kappa shape index (κ2) is 5.91. The van der Waals surface area contributed by atoms with Gasteiger partial charge >= 0.3 is 5.69 Å². The Balaban J connectivity index is 2.29. The summed E-state index contributed by atoms with van der Waals surface area (Å²) in [4.78, 5) is 12.9. The molecule has 1 aliphatic rings. The van der Waals surface area contributed by atoms with Gasteiger partial charge in [0.1, 0.15) is 11.4 Å². The number of nitro groups is 1. The van der Waals surface area contributed by atoms with Crippen LogP contribution in [0.2, 0.25) is 0 Å². The van der Waals surface area contributed by atoms with Gasteiger partial charge in [0.05, 0.1) is 4.92 Å². The predicted octanol–water partition coefficient (Wildman–Crippen LogP) is 3.34. The van der Waals surface area contributed by atoms with Gasteiger partial charge in [0, 0.05) is 13.1 Å². The van der Waals surface area contributed by atoms with Gasteiger partial charge in [-0.1, -0.05) is 31.7 Å². The number of anilines is 2. The first-order chi connectivity index (χ1) is 9.11. The van der Waals surface area contributed by atoms with Crippen molar-refractivity contribution in [2.24, 2.45) is 0 Å². The Kier molecular flexibility index (Phi) is 4.24. The van der Waals surface area contributed by atoms with Crippen molar-refractivity contribution in [3.63, 3.8) is 0 Å². The van der Waals surface area contributed by atoms with E-state index in [4.69, 9.17) is 5.73 Å². The number of nitrogen functional groups attached to an aromatic ring is 1. The topological polar surface area (TPSA) is 72.4 Å². The molecule has 0 amide bonds. The standard InChI is InChI=1S/C14H21N3O2/c1-16(11-7-4-2-3-5-8-11)13-10-6-9-12(15)14(13)17(18)19/h6,9-11H,2-5,7-8,15H2,1H3. The molecular formula is C14H21N3O2. The molecule has 0 spiro atoms. The fourth-order valence-electron chi connectivity index (χ4n) is 2.87. The molecule has 1 aromatic rings. The van der Waals surface area contributed by atoms with Gasteiger partial charge < -0.3 is 10.6 Å². The first kappa shape index (κ1) is 13.6. The van der Waals surface area contributed by atoms with E-state index in [1.807, 2.05) is 11.9 Å². The molecule has 1 aliphatic carbocycles. The van der Waals surface area contributed by atoms with Gasteiger partial charge in [0.2, 0.25) is 0 Å². The zero-order valence-electron chi connectivity index (χ0n) is 11.3. The molecule has 0 aliphatic heterocycles. The molecule has 0 radical (unpaired) electrons. The monoisotopic (exact) mass is 263 g/mol. The first-order valence-corrected chi connectivity index (χ1v) is 6.87. The summed E-state index contributed by atoms with van der Waals surface area (Å²) < 4.78 is 0. The number of nitrogens with two attached hydrogens (primary N) is 1. The van der Waals surface area contributed by atoms with Crippen LogP contribution in [0.5, 0.6) is 0 Å². The van der Waals surface area contributed by atoms with Gasteiger partial charge in [-0.25, -0.2) is 0 Å². The van der Waals surface area contributed by atoms with Crippen LogP contribution in [0.1, 0.15) is 38.5 Å². The molecule has 2 N–H and O–H groups in total. The lowest BCUT2D eigenvalue weighted by atomic mass is 10.1. The lowest BCUT2D eigenvalue weighted by Gasteiger charge is -2.29. The van der Waals surface area contributed by atoms with Gasteiger partial charge in [-0.15, -0.1) is 0 Å². The third-order valence-electron chi connectivity index (χ3n) is 3.98. The van der Waals surface area contributed by atoms with Crippen LogP contribution in [0, 0.1) is 10.1 Å². The molecule has 0 heterocycles. The number of benzene rings is 1. The van der Waals surface area contributed by atoms with Crippen molar-refractivity contribution >= 4 is 17.1 Å². The number of hydrogen-bond acceptors (Lipinski definition) is 4. The van der Waals surface area contributed by atoms with E-state index < -0.39 is 0 Å².